The zero-order valence-corrected chi connectivity index (χ0v) is 13.0. The van der Waals surface area contributed by atoms with E-state index >= 15 is 0 Å². The van der Waals surface area contributed by atoms with Crippen molar-refractivity contribution in [3.8, 4) is 0 Å². The third-order valence-electron chi connectivity index (χ3n) is 4.07. The van der Waals surface area contributed by atoms with Gasteiger partial charge in [-0.2, -0.15) is 0 Å². The van der Waals surface area contributed by atoms with Gasteiger partial charge in [-0.25, -0.2) is 0 Å². The summed E-state index contributed by atoms with van der Waals surface area (Å²) in [5, 5.41) is 2.96. The van der Waals surface area contributed by atoms with Crippen LogP contribution in [0.15, 0.2) is 48.8 Å². The number of anilines is 1. The first-order valence-corrected chi connectivity index (χ1v) is 7.76. The molecule has 5 heteroatoms. The normalized spacial score (nSPS) is 15.5. The highest BCUT2D eigenvalue weighted by molar-refractivity contribution is 5.97. The highest BCUT2D eigenvalue weighted by atomic mass is 16.2. The number of carbonyl (C=O) groups excluding carboxylic acids is 2. The molecule has 1 aromatic heterocycles. The summed E-state index contributed by atoms with van der Waals surface area (Å²) < 4.78 is 0. The van der Waals surface area contributed by atoms with Crippen LogP contribution in [0.2, 0.25) is 0 Å². The van der Waals surface area contributed by atoms with Gasteiger partial charge in [-0.3, -0.25) is 14.6 Å². The lowest BCUT2D eigenvalue weighted by molar-refractivity contribution is -0.117. The Hall–Kier alpha value is -2.69. The fraction of sp³-hybridized carbons (Fsp3) is 0.278. The Morgan fingerprint density at radius 2 is 1.87 bits per heavy atom. The van der Waals surface area contributed by atoms with Crippen LogP contribution in [-0.2, 0) is 4.79 Å². The number of nitrogens with zero attached hydrogens (tertiary/aromatic N) is 2. The Morgan fingerprint density at radius 3 is 2.48 bits per heavy atom. The minimum absolute atomic E-state index is 0.0923. The van der Waals surface area contributed by atoms with Crippen LogP contribution in [0.3, 0.4) is 0 Å². The summed E-state index contributed by atoms with van der Waals surface area (Å²) in [4.78, 5) is 29.8. The molecule has 2 amide bonds. The van der Waals surface area contributed by atoms with Crippen LogP contribution in [0, 0.1) is 0 Å². The van der Waals surface area contributed by atoms with Crippen LogP contribution in [0.4, 0.5) is 5.69 Å². The molecular formula is C18H19N3O2. The van der Waals surface area contributed by atoms with Gasteiger partial charge in [0.2, 0.25) is 5.91 Å². The number of carbonyl (C=O) groups is 2. The second-order valence-corrected chi connectivity index (χ2v) is 5.67. The molecule has 2 aromatic rings. The van der Waals surface area contributed by atoms with Crippen molar-refractivity contribution in [1.82, 2.24) is 10.3 Å². The van der Waals surface area contributed by atoms with Gasteiger partial charge in [0.15, 0.2) is 0 Å². The van der Waals surface area contributed by atoms with Gasteiger partial charge in [0.1, 0.15) is 0 Å². The summed E-state index contributed by atoms with van der Waals surface area (Å²) in [5.41, 5.74) is 2.44. The number of aromatic nitrogens is 1. The molecule has 0 unspecified atom stereocenters. The molecule has 1 fully saturated rings. The molecule has 1 aromatic carbocycles. The van der Waals surface area contributed by atoms with E-state index in [0.717, 1.165) is 24.2 Å². The summed E-state index contributed by atoms with van der Waals surface area (Å²) >= 11 is 0. The lowest BCUT2D eigenvalue weighted by atomic mass is 10.1. The molecule has 0 spiro atoms. The van der Waals surface area contributed by atoms with E-state index in [9.17, 15) is 9.59 Å². The quantitative estimate of drug-likeness (QED) is 0.944. The molecule has 0 aliphatic carbocycles. The Balaban J connectivity index is 1.67. The highest BCUT2D eigenvalue weighted by Crippen LogP contribution is 2.22. The Kier molecular flexibility index (Phi) is 4.37. The lowest BCUT2D eigenvalue weighted by Gasteiger charge is -2.17. The standard InChI is InChI=1S/C18H19N3O2/c1-13(14-8-10-19-11-9-14)20-18(23)15-4-6-16(7-5-15)21-12-2-3-17(21)22/h4-11,13H,2-3,12H2,1H3,(H,20,23)/t13-/m0/s1. The van der Waals surface area contributed by atoms with Gasteiger partial charge >= 0.3 is 0 Å². The first-order chi connectivity index (χ1) is 11.1. The third-order valence-corrected chi connectivity index (χ3v) is 4.07. The van der Waals surface area contributed by atoms with Gasteiger partial charge in [0, 0.05) is 36.6 Å². The van der Waals surface area contributed by atoms with E-state index in [4.69, 9.17) is 0 Å². The maximum atomic E-state index is 12.3. The van der Waals surface area contributed by atoms with Gasteiger partial charge < -0.3 is 10.2 Å². The average Bonchev–Trinajstić information content (AvgIpc) is 3.02. The summed E-state index contributed by atoms with van der Waals surface area (Å²) in [6, 6.07) is 10.8. The predicted molar refractivity (Wildman–Crippen MR) is 88.1 cm³/mol. The van der Waals surface area contributed by atoms with Gasteiger partial charge in [0.25, 0.3) is 5.91 Å². The van der Waals surface area contributed by atoms with E-state index in [0.29, 0.717) is 12.0 Å². The molecule has 0 saturated carbocycles. The number of amides is 2. The van der Waals surface area contributed by atoms with E-state index in [1.807, 2.05) is 31.2 Å². The Morgan fingerprint density at radius 1 is 1.17 bits per heavy atom. The molecule has 5 nitrogen and oxygen atoms in total. The van der Waals surface area contributed by atoms with Crippen molar-refractivity contribution >= 4 is 17.5 Å². The molecule has 1 atom stereocenters. The van der Waals surface area contributed by atoms with Crippen LogP contribution >= 0.6 is 0 Å². The average molecular weight is 309 g/mol. The van der Waals surface area contributed by atoms with Crippen LogP contribution in [-0.4, -0.2) is 23.3 Å². The van der Waals surface area contributed by atoms with Crippen molar-refractivity contribution in [1.29, 1.82) is 0 Å². The summed E-state index contributed by atoms with van der Waals surface area (Å²) in [7, 11) is 0. The summed E-state index contributed by atoms with van der Waals surface area (Å²) in [6.07, 6.45) is 4.91. The van der Waals surface area contributed by atoms with Crippen LogP contribution < -0.4 is 10.2 Å². The van der Waals surface area contributed by atoms with Crippen LogP contribution in [0.25, 0.3) is 0 Å². The number of hydrogen-bond acceptors (Lipinski definition) is 3. The fourth-order valence-electron chi connectivity index (χ4n) is 2.73. The molecule has 23 heavy (non-hydrogen) atoms. The lowest BCUT2D eigenvalue weighted by Crippen LogP contribution is -2.27. The van der Waals surface area contributed by atoms with E-state index < -0.39 is 0 Å². The molecule has 0 bridgehead atoms. The molecule has 2 heterocycles. The Bertz CT molecular complexity index is 698. The number of hydrogen-bond donors (Lipinski definition) is 1. The topological polar surface area (TPSA) is 62.3 Å². The van der Waals surface area contributed by atoms with Crippen LogP contribution in [0.5, 0.6) is 0 Å². The van der Waals surface area contributed by atoms with Gasteiger partial charge in [-0.05, 0) is 55.3 Å². The maximum absolute atomic E-state index is 12.3. The third kappa shape index (κ3) is 3.39. The molecular weight excluding hydrogens is 290 g/mol. The van der Waals surface area contributed by atoms with Crippen molar-refractivity contribution in [2.45, 2.75) is 25.8 Å². The van der Waals surface area contributed by atoms with Crippen molar-refractivity contribution in [2.24, 2.45) is 0 Å². The predicted octanol–water partition coefficient (Wildman–Crippen LogP) is 2.70. The molecule has 0 radical (unpaired) electrons. The Labute approximate surface area is 135 Å². The first kappa shape index (κ1) is 15.2. The van der Waals surface area contributed by atoms with Crippen molar-refractivity contribution in [3.63, 3.8) is 0 Å². The summed E-state index contributed by atoms with van der Waals surface area (Å²) in [6.45, 7) is 2.69. The molecule has 118 valence electrons. The fourth-order valence-corrected chi connectivity index (χ4v) is 2.73. The van der Waals surface area contributed by atoms with Crippen molar-refractivity contribution < 1.29 is 9.59 Å². The van der Waals surface area contributed by atoms with Gasteiger partial charge in [0.05, 0.1) is 6.04 Å². The van der Waals surface area contributed by atoms with E-state index in [1.165, 1.54) is 0 Å². The minimum atomic E-state index is -0.131. The molecule has 1 saturated heterocycles. The first-order valence-electron chi connectivity index (χ1n) is 7.76. The van der Waals surface area contributed by atoms with Gasteiger partial charge in [-0.1, -0.05) is 0 Å². The van der Waals surface area contributed by atoms with Gasteiger partial charge in [-0.15, -0.1) is 0 Å². The zero-order chi connectivity index (χ0) is 16.2. The molecule has 3 rings (SSSR count). The monoisotopic (exact) mass is 309 g/mol. The zero-order valence-electron chi connectivity index (χ0n) is 13.0. The molecule has 1 aliphatic rings. The summed E-state index contributed by atoms with van der Waals surface area (Å²) in [5.74, 6) is 0.0159. The number of pyridine rings is 1. The smallest absolute Gasteiger partial charge is 0.251 e. The molecule has 1 aliphatic heterocycles. The number of benzene rings is 1. The SMILES string of the molecule is C[C@H](NC(=O)c1ccc(N2CCCC2=O)cc1)c1ccncc1. The number of nitrogens with one attached hydrogen (secondary N) is 1. The molecule has 1 N–H and O–H groups in total. The van der Waals surface area contributed by atoms with E-state index in [2.05, 4.69) is 10.3 Å². The highest BCUT2D eigenvalue weighted by Gasteiger charge is 2.21. The second-order valence-electron chi connectivity index (χ2n) is 5.67. The minimum Gasteiger partial charge on any atom is -0.346 e. The second kappa shape index (κ2) is 6.60. The van der Waals surface area contributed by atoms with E-state index in [-0.39, 0.29) is 17.9 Å². The maximum Gasteiger partial charge on any atom is 0.251 e. The van der Waals surface area contributed by atoms with Crippen molar-refractivity contribution in [2.75, 3.05) is 11.4 Å². The largest absolute Gasteiger partial charge is 0.346 e. The van der Waals surface area contributed by atoms with Crippen LogP contribution in [0.1, 0.15) is 41.7 Å². The number of rotatable bonds is 4. The van der Waals surface area contributed by atoms with E-state index in [1.54, 1.807) is 29.4 Å². The van der Waals surface area contributed by atoms with Crippen molar-refractivity contribution in [3.05, 3.63) is 59.9 Å².